The highest BCUT2D eigenvalue weighted by molar-refractivity contribution is 5.66. The van der Waals surface area contributed by atoms with Gasteiger partial charge < -0.3 is 9.67 Å². The van der Waals surface area contributed by atoms with E-state index in [1.807, 2.05) is 24.5 Å². The van der Waals surface area contributed by atoms with E-state index in [1.54, 1.807) is 0 Å². The third-order valence-corrected chi connectivity index (χ3v) is 2.48. The lowest BCUT2D eigenvalue weighted by Gasteiger charge is -2.20. The molecule has 0 aliphatic carbocycles. The maximum Gasteiger partial charge on any atom is 0.303 e. The fourth-order valence-corrected chi connectivity index (χ4v) is 1.81. The van der Waals surface area contributed by atoms with Crippen LogP contribution in [0.4, 0.5) is 0 Å². The van der Waals surface area contributed by atoms with Gasteiger partial charge in [0.1, 0.15) is 0 Å². The first-order valence-corrected chi connectivity index (χ1v) is 5.44. The van der Waals surface area contributed by atoms with Crippen LogP contribution < -0.4 is 0 Å². The minimum atomic E-state index is -0.712. The molecule has 1 atom stereocenters. The first-order chi connectivity index (χ1) is 7.09. The van der Waals surface area contributed by atoms with Crippen LogP contribution in [0.2, 0.25) is 0 Å². The summed E-state index contributed by atoms with van der Waals surface area (Å²) in [7, 11) is 0. The van der Waals surface area contributed by atoms with Gasteiger partial charge in [-0.3, -0.25) is 4.79 Å². The Hall–Kier alpha value is -1.25. The van der Waals surface area contributed by atoms with Crippen molar-refractivity contribution in [2.75, 3.05) is 0 Å². The fraction of sp³-hybridized carbons (Fsp3) is 0.583. The molecule has 0 fully saturated rings. The quantitative estimate of drug-likeness (QED) is 0.782. The molecule has 0 saturated carbocycles. The molecule has 1 rings (SSSR count). The van der Waals surface area contributed by atoms with Crippen LogP contribution in [0.15, 0.2) is 24.5 Å². The van der Waals surface area contributed by atoms with Crippen molar-refractivity contribution in [3.8, 4) is 0 Å². The highest BCUT2D eigenvalue weighted by Gasteiger charge is 2.13. The molecule has 0 saturated heterocycles. The summed E-state index contributed by atoms with van der Waals surface area (Å²) in [6.45, 7) is 4.33. The predicted molar refractivity (Wildman–Crippen MR) is 59.8 cm³/mol. The van der Waals surface area contributed by atoms with E-state index < -0.39 is 5.97 Å². The summed E-state index contributed by atoms with van der Waals surface area (Å²) in [6.07, 6.45) is 6.00. The SMILES string of the molecule is CC(C)CC(CCC(=O)O)n1cccc1. The van der Waals surface area contributed by atoms with E-state index in [2.05, 4.69) is 18.4 Å². The number of carboxylic acid groups (broad SMARTS) is 1. The molecule has 3 heteroatoms. The fourth-order valence-electron chi connectivity index (χ4n) is 1.81. The van der Waals surface area contributed by atoms with E-state index in [0.29, 0.717) is 18.4 Å². The van der Waals surface area contributed by atoms with Gasteiger partial charge in [-0.15, -0.1) is 0 Å². The Morgan fingerprint density at radius 1 is 1.33 bits per heavy atom. The number of aliphatic carboxylic acids is 1. The molecule has 3 nitrogen and oxygen atoms in total. The van der Waals surface area contributed by atoms with Crippen molar-refractivity contribution in [1.29, 1.82) is 0 Å². The Morgan fingerprint density at radius 2 is 1.93 bits per heavy atom. The average molecular weight is 209 g/mol. The van der Waals surface area contributed by atoms with Gasteiger partial charge in [0, 0.05) is 24.9 Å². The molecule has 1 unspecified atom stereocenters. The monoisotopic (exact) mass is 209 g/mol. The molecule has 0 spiro atoms. The van der Waals surface area contributed by atoms with Gasteiger partial charge in [0.05, 0.1) is 0 Å². The van der Waals surface area contributed by atoms with Gasteiger partial charge in [0.25, 0.3) is 0 Å². The molecule has 1 N–H and O–H groups in total. The van der Waals surface area contributed by atoms with Crippen molar-refractivity contribution >= 4 is 5.97 Å². The maximum absolute atomic E-state index is 10.5. The Balaban J connectivity index is 2.57. The van der Waals surface area contributed by atoms with Crippen LogP contribution in [0.5, 0.6) is 0 Å². The van der Waals surface area contributed by atoms with Crippen LogP contribution in [0.3, 0.4) is 0 Å². The summed E-state index contributed by atoms with van der Waals surface area (Å²) in [5.74, 6) is -0.123. The van der Waals surface area contributed by atoms with E-state index in [-0.39, 0.29) is 6.42 Å². The molecular formula is C12H19NO2. The minimum Gasteiger partial charge on any atom is -0.481 e. The molecule has 0 radical (unpaired) electrons. The second kappa shape index (κ2) is 5.59. The van der Waals surface area contributed by atoms with Gasteiger partial charge in [-0.2, -0.15) is 0 Å². The smallest absolute Gasteiger partial charge is 0.303 e. The molecule has 0 amide bonds. The van der Waals surface area contributed by atoms with Crippen LogP contribution in [-0.4, -0.2) is 15.6 Å². The molecule has 0 aliphatic rings. The number of carboxylic acids is 1. The summed E-state index contributed by atoms with van der Waals surface area (Å²) >= 11 is 0. The van der Waals surface area contributed by atoms with Gasteiger partial charge in [-0.25, -0.2) is 0 Å². The van der Waals surface area contributed by atoms with Gasteiger partial charge in [0.15, 0.2) is 0 Å². The molecule has 1 aromatic heterocycles. The second-order valence-electron chi connectivity index (χ2n) is 4.35. The van der Waals surface area contributed by atoms with Crippen LogP contribution in [-0.2, 0) is 4.79 Å². The van der Waals surface area contributed by atoms with Crippen molar-refractivity contribution < 1.29 is 9.90 Å². The van der Waals surface area contributed by atoms with Crippen molar-refractivity contribution in [2.24, 2.45) is 5.92 Å². The topological polar surface area (TPSA) is 42.2 Å². The van der Waals surface area contributed by atoms with Crippen molar-refractivity contribution in [3.63, 3.8) is 0 Å². The van der Waals surface area contributed by atoms with Crippen LogP contribution in [0.1, 0.15) is 39.2 Å². The Bertz CT molecular complexity index is 291. The molecule has 1 heterocycles. The van der Waals surface area contributed by atoms with Crippen LogP contribution >= 0.6 is 0 Å². The molecule has 1 aromatic rings. The zero-order chi connectivity index (χ0) is 11.3. The standard InChI is InChI=1S/C12H19NO2/c1-10(2)9-11(5-6-12(14)15)13-7-3-4-8-13/h3-4,7-8,10-11H,5-6,9H2,1-2H3,(H,14,15). The van der Waals surface area contributed by atoms with E-state index in [0.717, 1.165) is 6.42 Å². The molecule has 0 aromatic carbocycles. The highest BCUT2D eigenvalue weighted by Crippen LogP contribution is 2.22. The van der Waals surface area contributed by atoms with Crippen molar-refractivity contribution in [3.05, 3.63) is 24.5 Å². The molecule has 0 aliphatic heterocycles. The van der Waals surface area contributed by atoms with E-state index >= 15 is 0 Å². The number of hydrogen-bond donors (Lipinski definition) is 1. The summed E-state index contributed by atoms with van der Waals surface area (Å²) in [6, 6.07) is 4.28. The van der Waals surface area contributed by atoms with Gasteiger partial charge in [-0.05, 0) is 30.9 Å². The zero-order valence-corrected chi connectivity index (χ0v) is 9.39. The largest absolute Gasteiger partial charge is 0.481 e. The Labute approximate surface area is 90.7 Å². The predicted octanol–water partition coefficient (Wildman–Crippen LogP) is 2.94. The number of nitrogens with zero attached hydrogens (tertiary/aromatic N) is 1. The minimum absolute atomic E-state index is 0.246. The van der Waals surface area contributed by atoms with Gasteiger partial charge in [-0.1, -0.05) is 13.8 Å². The lowest BCUT2D eigenvalue weighted by molar-refractivity contribution is -0.137. The molecule has 15 heavy (non-hydrogen) atoms. The van der Waals surface area contributed by atoms with E-state index in [9.17, 15) is 4.79 Å². The first-order valence-electron chi connectivity index (χ1n) is 5.44. The number of aromatic nitrogens is 1. The highest BCUT2D eigenvalue weighted by atomic mass is 16.4. The normalized spacial score (nSPS) is 13.0. The third kappa shape index (κ3) is 4.19. The summed E-state index contributed by atoms with van der Waals surface area (Å²) in [4.78, 5) is 10.5. The number of carbonyl (C=O) groups is 1. The zero-order valence-electron chi connectivity index (χ0n) is 9.39. The first kappa shape index (κ1) is 11.8. The lowest BCUT2D eigenvalue weighted by Crippen LogP contribution is -2.12. The van der Waals surface area contributed by atoms with E-state index in [4.69, 9.17) is 5.11 Å². The third-order valence-electron chi connectivity index (χ3n) is 2.48. The van der Waals surface area contributed by atoms with Gasteiger partial charge in [0.2, 0.25) is 0 Å². The summed E-state index contributed by atoms with van der Waals surface area (Å²) in [5.41, 5.74) is 0. The van der Waals surface area contributed by atoms with Crippen LogP contribution in [0, 0.1) is 5.92 Å². The van der Waals surface area contributed by atoms with Crippen molar-refractivity contribution in [1.82, 2.24) is 4.57 Å². The lowest BCUT2D eigenvalue weighted by atomic mass is 9.99. The van der Waals surface area contributed by atoms with Crippen molar-refractivity contribution in [2.45, 2.75) is 39.2 Å². The molecular weight excluding hydrogens is 190 g/mol. The Morgan fingerprint density at radius 3 is 2.40 bits per heavy atom. The average Bonchev–Trinajstić information content (AvgIpc) is 2.63. The maximum atomic E-state index is 10.5. The van der Waals surface area contributed by atoms with Gasteiger partial charge >= 0.3 is 5.97 Å². The molecule has 0 bridgehead atoms. The van der Waals surface area contributed by atoms with E-state index in [1.165, 1.54) is 0 Å². The second-order valence-corrected chi connectivity index (χ2v) is 4.35. The van der Waals surface area contributed by atoms with Crippen LogP contribution in [0.25, 0.3) is 0 Å². The summed E-state index contributed by atoms with van der Waals surface area (Å²) in [5, 5.41) is 8.68. The Kier molecular flexibility index (Phi) is 4.40. The molecule has 84 valence electrons. The number of rotatable bonds is 6. The summed E-state index contributed by atoms with van der Waals surface area (Å²) < 4.78 is 2.11. The number of hydrogen-bond acceptors (Lipinski definition) is 1.